The zero-order valence-electron chi connectivity index (χ0n) is 12.5. The molecule has 0 saturated carbocycles. The van der Waals surface area contributed by atoms with E-state index in [4.69, 9.17) is 4.74 Å². The van der Waals surface area contributed by atoms with Crippen molar-refractivity contribution >= 4 is 11.6 Å². The highest BCUT2D eigenvalue weighted by atomic mass is 16.5. The average molecular weight is 302 g/mol. The number of nitrogens with zero attached hydrogens (tertiary/aromatic N) is 1. The van der Waals surface area contributed by atoms with Gasteiger partial charge in [-0.2, -0.15) is 0 Å². The van der Waals surface area contributed by atoms with Crippen molar-refractivity contribution in [3.8, 4) is 5.75 Å². The van der Waals surface area contributed by atoms with Gasteiger partial charge in [0.25, 0.3) is 11.5 Å². The van der Waals surface area contributed by atoms with Crippen LogP contribution in [0.5, 0.6) is 5.75 Å². The van der Waals surface area contributed by atoms with E-state index in [1.807, 2.05) is 6.07 Å². The highest BCUT2D eigenvalue weighted by Gasteiger charge is 2.19. The first kappa shape index (κ1) is 15.8. The van der Waals surface area contributed by atoms with Gasteiger partial charge in [-0.15, -0.1) is 0 Å². The maximum atomic E-state index is 12.4. The monoisotopic (exact) mass is 302 g/mol. The van der Waals surface area contributed by atoms with Crippen LogP contribution in [0.3, 0.4) is 0 Å². The molecule has 0 aliphatic carbocycles. The maximum Gasteiger partial charge on any atom is 0.267 e. The number of carbonyl (C=O) groups is 1. The minimum Gasteiger partial charge on any atom is -0.507 e. The van der Waals surface area contributed by atoms with Gasteiger partial charge >= 0.3 is 0 Å². The molecule has 116 valence electrons. The minimum absolute atomic E-state index is 0.273. The van der Waals surface area contributed by atoms with Gasteiger partial charge in [-0.25, -0.2) is 0 Å². The summed E-state index contributed by atoms with van der Waals surface area (Å²) in [6.07, 6.45) is 0. The fraction of sp³-hybridized carbons (Fsp3) is 0.250. The molecular weight excluding hydrogens is 284 g/mol. The fourth-order valence-electron chi connectivity index (χ4n) is 2.14. The molecule has 1 heterocycles. The molecule has 6 heteroatoms. The molecule has 0 aliphatic heterocycles. The van der Waals surface area contributed by atoms with Crippen LogP contribution in [0.2, 0.25) is 0 Å². The van der Waals surface area contributed by atoms with E-state index >= 15 is 0 Å². The molecule has 2 N–H and O–H groups in total. The number of methoxy groups -OCH3 is 1. The Morgan fingerprint density at radius 2 is 2.00 bits per heavy atom. The molecule has 6 nitrogen and oxygen atoms in total. The van der Waals surface area contributed by atoms with Crippen LogP contribution in [0, 0.1) is 6.92 Å². The van der Waals surface area contributed by atoms with Crippen molar-refractivity contribution in [1.82, 2.24) is 4.57 Å². The highest BCUT2D eigenvalue weighted by Crippen LogP contribution is 2.17. The van der Waals surface area contributed by atoms with Gasteiger partial charge in [0, 0.05) is 31.1 Å². The lowest BCUT2D eigenvalue weighted by molar-refractivity contribution is 0.102. The van der Waals surface area contributed by atoms with Crippen LogP contribution in [-0.2, 0) is 11.3 Å². The maximum absolute atomic E-state index is 12.4. The molecule has 22 heavy (non-hydrogen) atoms. The van der Waals surface area contributed by atoms with E-state index in [0.29, 0.717) is 24.5 Å². The largest absolute Gasteiger partial charge is 0.507 e. The average Bonchev–Trinajstić information content (AvgIpc) is 2.47. The number of anilines is 1. The first-order valence-corrected chi connectivity index (χ1v) is 6.83. The predicted molar refractivity (Wildman–Crippen MR) is 83.4 cm³/mol. The Morgan fingerprint density at radius 3 is 2.64 bits per heavy atom. The molecule has 0 fully saturated rings. The predicted octanol–water partition coefficient (Wildman–Crippen LogP) is 1.76. The summed E-state index contributed by atoms with van der Waals surface area (Å²) >= 11 is 0. The van der Waals surface area contributed by atoms with Gasteiger partial charge in [-0.1, -0.05) is 18.2 Å². The van der Waals surface area contributed by atoms with Gasteiger partial charge in [0.05, 0.1) is 6.61 Å². The van der Waals surface area contributed by atoms with Crippen LogP contribution >= 0.6 is 0 Å². The summed E-state index contributed by atoms with van der Waals surface area (Å²) in [5.74, 6) is -0.968. The van der Waals surface area contributed by atoms with Crippen molar-refractivity contribution in [2.24, 2.45) is 0 Å². The number of nitrogens with one attached hydrogen (secondary N) is 1. The van der Waals surface area contributed by atoms with Gasteiger partial charge in [-0.3, -0.25) is 9.59 Å². The Bertz CT molecular complexity index is 723. The quantitative estimate of drug-likeness (QED) is 0.882. The summed E-state index contributed by atoms with van der Waals surface area (Å²) in [7, 11) is 1.53. The van der Waals surface area contributed by atoms with E-state index < -0.39 is 11.5 Å². The number of hydrogen-bond donors (Lipinski definition) is 2. The highest BCUT2D eigenvalue weighted by molar-refractivity contribution is 6.05. The number of carbonyl (C=O) groups excluding carboxylic acids is 1. The third kappa shape index (κ3) is 3.35. The van der Waals surface area contributed by atoms with Crippen molar-refractivity contribution in [1.29, 1.82) is 0 Å². The molecular formula is C16H18N2O4. The van der Waals surface area contributed by atoms with Crippen molar-refractivity contribution in [2.75, 3.05) is 19.0 Å². The molecule has 0 saturated heterocycles. The lowest BCUT2D eigenvalue weighted by Gasteiger charge is -2.13. The van der Waals surface area contributed by atoms with E-state index in [2.05, 4.69) is 5.32 Å². The van der Waals surface area contributed by atoms with E-state index in [9.17, 15) is 14.7 Å². The molecule has 1 aromatic heterocycles. The third-order valence-corrected chi connectivity index (χ3v) is 3.26. The number of para-hydroxylation sites is 1. The molecule has 0 unspecified atom stereocenters. The molecule has 0 radical (unpaired) electrons. The lowest BCUT2D eigenvalue weighted by atomic mass is 10.2. The number of ether oxygens (including phenoxy) is 1. The number of amides is 1. The van der Waals surface area contributed by atoms with Crippen LogP contribution in [0.15, 0.2) is 41.2 Å². The van der Waals surface area contributed by atoms with Gasteiger partial charge in [0.1, 0.15) is 11.3 Å². The van der Waals surface area contributed by atoms with Gasteiger partial charge in [0.2, 0.25) is 0 Å². The Balaban J connectivity index is 2.37. The molecule has 0 bridgehead atoms. The molecule has 0 atom stereocenters. The van der Waals surface area contributed by atoms with E-state index in [-0.39, 0.29) is 11.3 Å². The minimum atomic E-state index is -0.639. The zero-order chi connectivity index (χ0) is 16.1. The Hall–Kier alpha value is -2.60. The first-order chi connectivity index (χ1) is 10.5. The van der Waals surface area contributed by atoms with Crippen LogP contribution in [0.1, 0.15) is 16.1 Å². The molecule has 1 aromatic carbocycles. The topological polar surface area (TPSA) is 80.6 Å². The summed E-state index contributed by atoms with van der Waals surface area (Å²) in [6.45, 7) is 2.34. The normalized spacial score (nSPS) is 10.5. The number of aromatic nitrogens is 1. The third-order valence-electron chi connectivity index (χ3n) is 3.26. The Kier molecular flexibility index (Phi) is 4.95. The van der Waals surface area contributed by atoms with Crippen LogP contribution in [-0.4, -0.2) is 29.3 Å². The SMILES string of the molecule is COCCn1c(C)cc(O)c(C(=O)Nc2ccccc2)c1=O. The summed E-state index contributed by atoms with van der Waals surface area (Å²) < 4.78 is 6.37. The molecule has 2 aromatic rings. The standard InChI is InChI=1S/C16H18N2O4/c1-11-10-13(19)14(16(21)18(11)8-9-22-2)15(20)17-12-6-4-3-5-7-12/h3-7,10,19H,8-9H2,1-2H3,(H,17,20). The van der Waals surface area contributed by atoms with E-state index in [1.165, 1.54) is 17.7 Å². The lowest BCUT2D eigenvalue weighted by Crippen LogP contribution is -2.31. The second kappa shape index (κ2) is 6.91. The number of rotatable bonds is 5. The number of benzene rings is 1. The van der Waals surface area contributed by atoms with Crippen LogP contribution in [0.25, 0.3) is 0 Å². The van der Waals surface area contributed by atoms with Gasteiger partial charge in [0.15, 0.2) is 0 Å². The van der Waals surface area contributed by atoms with E-state index in [0.717, 1.165) is 0 Å². The molecule has 2 rings (SSSR count). The number of aryl methyl sites for hydroxylation is 1. The summed E-state index contributed by atoms with van der Waals surface area (Å²) in [4.78, 5) is 24.7. The van der Waals surface area contributed by atoms with Crippen LogP contribution in [0.4, 0.5) is 5.69 Å². The second-order valence-electron chi connectivity index (χ2n) is 4.82. The van der Waals surface area contributed by atoms with E-state index in [1.54, 1.807) is 31.2 Å². The molecule has 0 aliphatic rings. The zero-order valence-corrected chi connectivity index (χ0v) is 12.5. The fourth-order valence-corrected chi connectivity index (χ4v) is 2.14. The number of aromatic hydroxyl groups is 1. The summed E-state index contributed by atoms with van der Waals surface area (Å²) in [5, 5.41) is 12.6. The first-order valence-electron chi connectivity index (χ1n) is 6.83. The second-order valence-corrected chi connectivity index (χ2v) is 4.82. The smallest absolute Gasteiger partial charge is 0.267 e. The summed E-state index contributed by atoms with van der Waals surface area (Å²) in [6, 6.07) is 10.1. The Labute approximate surface area is 128 Å². The van der Waals surface area contributed by atoms with Crippen LogP contribution < -0.4 is 10.9 Å². The van der Waals surface area contributed by atoms with Gasteiger partial charge in [-0.05, 0) is 19.1 Å². The number of hydrogen-bond acceptors (Lipinski definition) is 4. The van der Waals surface area contributed by atoms with Crippen molar-refractivity contribution in [2.45, 2.75) is 13.5 Å². The number of pyridine rings is 1. The molecule has 1 amide bonds. The molecule has 0 spiro atoms. The van der Waals surface area contributed by atoms with Crippen molar-refractivity contribution < 1.29 is 14.6 Å². The summed E-state index contributed by atoms with van der Waals surface area (Å²) in [5.41, 5.74) is 0.305. The Morgan fingerprint density at radius 1 is 1.32 bits per heavy atom. The van der Waals surface area contributed by atoms with Crippen molar-refractivity contribution in [3.05, 3.63) is 58.0 Å². The van der Waals surface area contributed by atoms with Gasteiger partial charge < -0.3 is 19.7 Å². The van der Waals surface area contributed by atoms with Crippen molar-refractivity contribution in [3.63, 3.8) is 0 Å².